The number of rotatable bonds is 7. The topological polar surface area (TPSA) is 83.7 Å². The molecule has 1 aromatic carbocycles. The Morgan fingerprint density at radius 2 is 2.05 bits per heavy atom. The number of carboxylic acid groups (broad SMARTS) is 1. The Kier molecular flexibility index (Phi) is 5.90. The molecule has 0 bridgehead atoms. The van der Waals surface area contributed by atoms with Crippen LogP contribution in [0.15, 0.2) is 24.3 Å². The number of carbonyl (C=O) groups is 1. The first-order chi connectivity index (χ1) is 9.90. The summed E-state index contributed by atoms with van der Waals surface area (Å²) < 4.78 is 0. The van der Waals surface area contributed by atoms with Gasteiger partial charge >= 0.3 is 5.97 Å². The molecule has 0 atom stereocenters. The fourth-order valence-corrected chi connectivity index (χ4v) is 2.29. The van der Waals surface area contributed by atoms with Crippen molar-refractivity contribution in [3.05, 3.63) is 40.0 Å². The highest BCUT2D eigenvalue weighted by Crippen LogP contribution is 2.31. The zero-order valence-corrected chi connectivity index (χ0v) is 12.4. The highest BCUT2D eigenvalue weighted by atomic mass is 16.6. The van der Waals surface area contributed by atoms with Crippen LogP contribution in [0.3, 0.4) is 0 Å². The lowest BCUT2D eigenvalue weighted by molar-refractivity contribution is -0.384. The fourth-order valence-electron chi connectivity index (χ4n) is 2.29. The summed E-state index contributed by atoms with van der Waals surface area (Å²) in [4.78, 5) is 23.2. The van der Waals surface area contributed by atoms with Crippen molar-refractivity contribution >= 4 is 23.4 Å². The molecule has 0 spiro atoms. The largest absolute Gasteiger partial charge is 0.478 e. The molecule has 114 valence electrons. The van der Waals surface area contributed by atoms with Gasteiger partial charge in [0.05, 0.1) is 4.92 Å². The van der Waals surface area contributed by atoms with E-state index in [0.717, 1.165) is 18.9 Å². The van der Waals surface area contributed by atoms with Gasteiger partial charge in [0.1, 0.15) is 5.69 Å². The zero-order chi connectivity index (χ0) is 16.0. The highest BCUT2D eigenvalue weighted by Gasteiger charge is 2.21. The highest BCUT2D eigenvalue weighted by molar-refractivity contribution is 5.85. The summed E-state index contributed by atoms with van der Waals surface area (Å²) in [6.45, 7) is 4.08. The van der Waals surface area contributed by atoms with Crippen LogP contribution >= 0.6 is 0 Å². The van der Waals surface area contributed by atoms with Crippen molar-refractivity contribution in [2.75, 3.05) is 11.9 Å². The van der Waals surface area contributed by atoms with Gasteiger partial charge in [-0.15, -0.1) is 0 Å². The number of anilines is 1. The van der Waals surface area contributed by atoms with Gasteiger partial charge in [-0.05, 0) is 30.5 Å². The first-order valence-corrected chi connectivity index (χ1v) is 6.82. The first kappa shape index (κ1) is 16.7. The lowest BCUT2D eigenvalue weighted by Crippen LogP contribution is -2.30. The molecule has 0 aliphatic carbocycles. The van der Waals surface area contributed by atoms with Crippen LogP contribution in [0.5, 0.6) is 0 Å². The molecule has 0 aliphatic heterocycles. The van der Waals surface area contributed by atoms with E-state index in [9.17, 15) is 14.9 Å². The third-order valence-corrected chi connectivity index (χ3v) is 3.48. The number of carboxylic acids is 1. The molecule has 1 rings (SSSR count). The summed E-state index contributed by atoms with van der Waals surface area (Å²) >= 11 is 0. The third kappa shape index (κ3) is 4.30. The second-order valence-corrected chi connectivity index (χ2v) is 4.76. The van der Waals surface area contributed by atoms with Crippen LogP contribution in [0, 0.1) is 10.1 Å². The summed E-state index contributed by atoms with van der Waals surface area (Å²) in [5, 5.41) is 19.9. The van der Waals surface area contributed by atoms with E-state index < -0.39 is 10.9 Å². The molecule has 0 aliphatic rings. The van der Waals surface area contributed by atoms with Gasteiger partial charge in [0.2, 0.25) is 0 Å². The zero-order valence-electron chi connectivity index (χ0n) is 12.4. The van der Waals surface area contributed by atoms with Gasteiger partial charge in [-0.1, -0.05) is 19.9 Å². The molecule has 1 aromatic rings. The second-order valence-electron chi connectivity index (χ2n) is 4.76. The molecule has 0 saturated heterocycles. The molecule has 1 N–H and O–H groups in total. The molecule has 6 heteroatoms. The second kappa shape index (κ2) is 7.42. The van der Waals surface area contributed by atoms with E-state index in [1.54, 1.807) is 12.1 Å². The van der Waals surface area contributed by atoms with Crippen molar-refractivity contribution in [3.8, 4) is 0 Å². The van der Waals surface area contributed by atoms with Crippen molar-refractivity contribution in [3.63, 3.8) is 0 Å². The molecule has 0 fully saturated rings. The Morgan fingerprint density at radius 3 is 2.52 bits per heavy atom. The summed E-state index contributed by atoms with van der Waals surface area (Å²) in [5.74, 6) is -1.09. The predicted molar refractivity (Wildman–Crippen MR) is 82.5 cm³/mol. The maximum atomic E-state index is 11.3. The number of nitro benzene ring substituents is 1. The van der Waals surface area contributed by atoms with E-state index in [1.807, 2.05) is 25.8 Å². The van der Waals surface area contributed by atoms with Crippen LogP contribution in [0.2, 0.25) is 0 Å². The number of nitrogens with zero attached hydrogens (tertiary/aromatic N) is 2. The van der Waals surface area contributed by atoms with Gasteiger partial charge in [0, 0.05) is 25.2 Å². The minimum absolute atomic E-state index is 0.0167. The third-order valence-electron chi connectivity index (χ3n) is 3.48. The van der Waals surface area contributed by atoms with Gasteiger partial charge in [-0.2, -0.15) is 0 Å². The SMILES string of the molecule is CCC(CC)N(C)c1ccc(/C=C/C(=O)O)cc1[N+](=O)[O-]. The van der Waals surface area contributed by atoms with Gasteiger partial charge in [-0.25, -0.2) is 4.79 Å². The smallest absolute Gasteiger partial charge is 0.328 e. The van der Waals surface area contributed by atoms with Crippen LogP contribution < -0.4 is 4.90 Å². The predicted octanol–water partition coefficient (Wildman–Crippen LogP) is 3.32. The standard InChI is InChI=1S/C15H20N2O4/c1-4-12(5-2)16(3)13-8-6-11(7-9-15(18)19)10-14(13)17(20)21/h6-10,12H,4-5H2,1-3H3,(H,18,19)/b9-7+. The van der Waals surface area contributed by atoms with Gasteiger partial charge in [0.15, 0.2) is 0 Å². The maximum absolute atomic E-state index is 11.3. The van der Waals surface area contributed by atoms with Gasteiger partial charge in [-0.3, -0.25) is 10.1 Å². The normalized spacial score (nSPS) is 11.0. The molecule has 0 amide bonds. The fraction of sp³-hybridized carbons (Fsp3) is 0.400. The van der Waals surface area contributed by atoms with E-state index >= 15 is 0 Å². The molecular formula is C15H20N2O4. The number of nitro groups is 1. The Balaban J connectivity index is 3.22. The molecule has 21 heavy (non-hydrogen) atoms. The number of hydrogen-bond acceptors (Lipinski definition) is 4. The molecule has 6 nitrogen and oxygen atoms in total. The van der Waals surface area contributed by atoms with Crippen molar-refractivity contribution in [1.29, 1.82) is 0 Å². The van der Waals surface area contributed by atoms with E-state index in [2.05, 4.69) is 0 Å². The van der Waals surface area contributed by atoms with Crippen LogP contribution in [0.25, 0.3) is 6.08 Å². The van der Waals surface area contributed by atoms with Crippen LogP contribution in [0.4, 0.5) is 11.4 Å². The number of hydrogen-bond donors (Lipinski definition) is 1. The number of benzene rings is 1. The van der Waals surface area contributed by atoms with E-state index in [1.165, 1.54) is 12.1 Å². The van der Waals surface area contributed by atoms with Crippen molar-refractivity contribution in [1.82, 2.24) is 0 Å². The lowest BCUT2D eigenvalue weighted by atomic mass is 10.1. The summed E-state index contributed by atoms with van der Waals surface area (Å²) in [5.41, 5.74) is 1.02. The molecule has 0 radical (unpaired) electrons. The summed E-state index contributed by atoms with van der Waals surface area (Å²) in [6.07, 6.45) is 4.09. The van der Waals surface area contributed by atoms with Crippen LogP contribution in [0.1, 0.15) is 32.3 Å². The summed E-state index contributed by atoms with van der Waals surface area (Å²) in [6, 6.07) is 4.97. The first-order valence-electron chi connectivity index (χ1n) is 6.82. The van der Waals surface area contributed by atoms with Gasteiger partial charge in [0.25, 0.3) is 5.69 Å². The van der Waals surface area contributed by atoms with E-state index in [-0.39, 0.29) is 11.7 Å². The quantitative estimate of drug-likeness (QED) is 0.473. The van der Waals surface area contributed by atoms with Crippen molar-refractivity contribution in [2.24, 2.45) is 0 Å². The van der Waals surface area contributed by atoms with Crippen LogP contribution in [-0.2, 0) is 4.79 Å². The molecule has 0 aromatic heterocycles. The van der Waals surface area contributed by atoms with Crippen LogP contribution in [-0.4, -0.2) is 29.1 Å². The van der Waals surface area contributed by atoms with Crippen molar-refractivity contribution in [2.45, 2.75) is 32.7 Å². The molecular weight excluding hydrogens is 272 g/mol. The maximum Gasteiger partial charge on any atom is 0.328 e. The van der Waals surface area contributed by atoms with E-state index in [4.69, 9.17) is 5.11 Å². The van der Waals surface area contributed by atoms with E-state index in [0.29, 0.717) is 11.3 Å². The Bertz CT molecular complexity index is 551. The Morgan fingerprint density at radius 1 is 1.43 bits per heavy atom. The van der Waals surface area contributed by atoms with Gasteiger partial charge < -0.3 is 10.0 Å². The average Bonchev–Trinajstić information content (AvgIpc) is 2.45. The average molecular weight is 292 g/mol. The Labute approximate surface area is 123 Å². The minimum atomic E-state index is -1.09. The summed E-state index contributed by atoms with van der Waals surface area (Å²) in [7, 11) is 1.84. The monoisotopic (exact) mass is 292 g/mol. The van der Waals surface area contributed by atoms with Crippen molar-refractivity contribution < 1.29 is 14.8 Å². The Hall–Kier alpha value is -2.37. The molecule has 0 unspecified atom stereocenters. The molecule has 0 saturated carbocycles. The minimum Gasteiger partial charge on any atom is -0.478 e. The lowest BCUT2D eigenvalue weighted by Gasteiger charge is -2.28. The number of aliphatic carboxylic acids is 1. The molecule has 0 heterocycles.